The molecule has 1 saturated heterocycles. The Morgan fingerprint density at radius 3 is 2.57 bits per heavy atom. The van der Waals surface area contributed by atoms with Crippen LogP contribution < -0.4 is 19.7 Å². The standard InChI is InChI=1S/C22H23N3O5/c1-13-4-7-17(8-5-13)24-15(3)21(27)25(22(24)28)14(2)20(26)23-11-16-6-9-18-19(10-16)30-12-29-18/h4-10,14-15H,11-12H2,1-3H3,(H,23,26)/t14-,15+/m1/s1. The van der Waals surface area contributed by atoms with E-state index >= 15 is 0 Å². The number of ether oxygens (including phenoxy) is 2. The number of nitrogens with one attached hydrogen (secondary N) is 1. The number of anilines is 1. The first-order valence-electron chi connectivity index (χ1n) is 9.76. The zero-order chi connectivity index (χ0) is 21.4. The molecule has 0 saturated carbocycles. The van der Waals surface area contributed by atoms with Gasteiger partial charge in [0.15, 0.2) is 11.5 Å². The van der Waals surface area contributed by atoms with Crippen molar-refractivity contribution in [3.05, 3.63) is 53.6 Å². The average Bonchev–Trinajstić information content (AvgIpc) is 3.29. The Bertz CT molecular complexity index is 1000. The van der Waals surface area contributed by atoms with Gasteiger partial charge in [-0.3, -0.25) is 14.5 Å². The van der Waals surface area contributed by atoms with Gasteiger partial charge in [0, 0.05) is 12.2 Å². The fourth-order valence-electron chi connectivity index (χ4n) is 3.59. The Morgan fingerprint density at radius 1 is 1.13 bits per heavy atom. The van der Waals surface area contributed by atoms with Crippen molar-refractivity contribution < 1.29 is 23.9 Å². The second-order valence-electron chi connectivity index (χ2n) is 7.45. The fraction of sp³-hybridized carbons (Fsp3) is 0.318. The van der Waals surface area contributed by atoms with E-state index in [2.05, 4.69) is 5.32 Å². The normalized spacial score (nSPS) is 18.7. The van der Waals surface area contributed by atoms with Gasteiger partial charge in [0.25, 0.3) is 5.91 Å². The monoisotopic (exact) mass is 409 g/mol. The molecule has 156 valence electrons. The predicted molar refractivity (Wildman–Crippen MR) is 109 cm³/mol. The summed E-state index contributed by atoms with van der Waals surface area (Å²) in [6.07, 6.45) is 0. The molecule has 4 rings (SSSR count). The van der Waals surface area contributed by atoms with Crippen molar-refractivity contribution in [2.75, 3.05) is 11.7 Å². The lowest BCUT2D eigenvalue weighted by molar-refractivity contribution is -0.135. The van der Waals surface area contributed by atoms with E-state index in [1.165, 1.54) is 4.90 Å². The highest BCUT2D eigenvalue weighted by atomic mass is 16.7. The second-order valence-corrected chi connectivity index (χ2v) is 7.45. The molecule has 1 N–H and O–H groups in total. The highest BCUT2D eigenvalue weighted by Gasteiger charge is 2.47. The highest BCUT2D eigenvalue weighted by Crippen LogP contribution is 2.32. The SMILES string of the molecule is Cc1ccc(N2C(=O)N([C@H](C)C(=O)NCc3ccc4c(c3)OCO4)C(=O)[C@@H]2C)cc1. The molecule has 0 aliphatic carbocycles. The van der Waals surface area contributed by atoms with Gasteiger partial charge in [-0.15, -0.1) is 0 Å². The maximum Gasteiger partial charge on any atom is 0.332 e. The molecule has 30 heavy (non-hydrogen) atoms. The number of hydrogen-bond donors (Lipinski definition) is 1. The number of fused-ring (bicyclic) bond motifs is 1. The Morgan fingerprint density at radius 2 is 1.83 bits per heavy atom. The Hall–Kier alpha value is -3.55. The molecule has 0 spiro atoms. The molecule has 2 aromatic carbocycles. The van der Waals surface area contributed by atoms with Crippen molar-refractivity contribution in [1.82, 2.24) is 10.2 Å². The summed E-state index contributed by atoms with van der Waals surface area (Å²) < 4.78 is 10.6. The maximum absolute atomic E-state index is 13.0. The van der Waals surface area contributed by atoms with Gasteiger partial charge in [0.2, 0.25) is 12.7 Å². The summed E-state index contributed by atoms with van der Waals surface area (Å²) in [6.45, 7) is 5.58. The van der Waals surface area contributed by atoms with Crippen LogP contribution in [0, 0.1) is 6.92 Å². The van der Waals surface area contributed by atoms with Crippen LogP contribution >= 0.6 is 0 Å². The van der Waals surface area contributed by atoms with E-state index in [1.54, 1.807) is 38.1 Å². The van der Waals surface area contributed by atoms with Crippen LogP contribution in [0.25, 0.3) is 0 Å². The van der Waals surface area contributed by atoms with Crippen LogP contribution in [0.15, 0.2) is 42.5 Å². The second kappa shape index (κ2) is 7.70. The molecule has 2 heterocycles. The number of imide groups is 1. The fourth-order valence-corrected chi connectivity index (χ4v) is 3.59. The summed E-state index contributed by atoms with van der Waals surface area (Å²) in [5, 5.41) is 2.78. The lowest BCUT2D eigenvalue weighted by atomic mass is 10.2. The molecular formula is C22H23N3O5. The Balaban J connectivity index is 1.44. The number of hydrogen-bond acceptors (Lipinski definition) is 5. The molecule has 0 bridgehead atoms. The lowest BCUT2D eigenvalue weighted by Crippen LogP contribution is -2.48. The van der Waals surface area contributed by atoms with E-state index in [-0.39, 0.29) is 13.3 Å². The smallest absolute Gasteiger partial charge is 0.332 e. The number of carbonyl (C=O) groups is 3. The third-order valence-electron chi connectivity index (χ3n) is 5.38. The molecule has 4 amide bonds. The number of amides is 4. The summed E-state index contributed by atoms with van der Waals surface area (Å²) >= 11 is 0. The zero-order valence-electron chi connectivity index (χ0n) is 17.0. The van der Waals surface area contributed by atoms with Gasteiger partial charge >= 0.3 is 6.03 Å². The van der Waals surface area contributed by atoms with Crippen molar-refractivity contribution in [2.24, 2.45) is 0 Å². The number of rotatable bonds is 5. The molecule has 2 atom stereocenters. The first kappa shape index (κ1) is 19.8. The Kier molecular flexibility index (Phi) is 5.07. The van der Waals surface area contributed by atoms with Crippen LogP contribution in [0.1, 0.15) is 25.0 Å². The van der Waals surface area contributed by atoms with Crippen LogP contribution in [-0.4, -0.2) is 41.6 Å². The number of carbonyl (C=O) groups excluding carboxylic acids is 3. The maximum atomic E-state index is 13.0. The zero-order valence-corrected chi connectivity index (χ0v) is 17.0. The number of benzene rings is 2. The van der Waals surface area contributed by atoms with E-state index in [9.17, 15) is 14.4 Å². The van der Waals surface area contributed by atoms with Gasteiger partial charge in [-0.2, -0.15) is 0 Å². The molecular weight excluding hydrogens is 386 g/mol. The van der Waals surface area contributed by atoms with Gasteiger partial charge in [0.05, 0.1) is 0 Å². The topological polar surface area (TPSA) is 88.2 Å². The molecule has 8 heteroatoms. The quantitative estimate of drug-likeness (QED) is 0.767. The lowest BCUT2D eigenvalue weighted by Gasteiger charge is -2.22. The van der Waals surface area contributed by atoms with Crippen LogP contribution in [0.2, 0.25) is 0 Å². The summed E-state index contributed by atoms with van der Waals surface area (Å²) in [7, 11) is 0. The van der Waals surface area contributed by atoms with Gasteiger partial charge in [-0.1, -0.05) is 23.8 Å². The minimum absolute atomic E-state index is 0.178. The van der Waals surface area contributed by atoms with Gasteiger partial charge in [-0.25, -0.2) is 9.69 Å². The first-order valence-corrected chi connectivity index (χ1v) is 9.76. The Labute approximate surface area is 174 Å². The average molecular weight is 409 g/mol. The van der Waals surface area contributed by atoms with Crippen molar-refractivity contribution in [1.29, 1.82) is 0 Å². The van der Waals surface area contributed by atoms with Gasteiger partial charge in [0.1, 0.15) is 12.1 Å². The van der Waals surface area contributed by atoms with Crippen molar-refractivity contribution >= 4 is 23.5 Å². The molecule has 0 unspecified atom stereocenters. The molecule has 1 fully saturated rings. The number of aryl methyl sites for hydroxylation is 1. The minimum Gasteiger partial charge on any atom is -0.454 e. The number of urea groups is 1. The highest BCUT2D eigenvalue weighted by molar-refractivity contribution is 6.16. The van der Waals surface area contributed by atoms with Gasteiger partial charge < -0.3 is 14.8 Å². The number of nitrogens with zero attached hydrogens (tertiary/aromatic N) is 2. The third kappa shape index (κ3) is 3.45. The van der Waals surface area contributed by atoms with E-state index in [0.29, 0.717) is 17.2 Å². The first-order chi connectivity index (χ1) is 14.4. The van der Waals surface area contributed by atoms with Crippen molar-refractivity contribution in [3.63, 3.8) is 0 Å². The van der Waals surface area contributed by atoms with E-state index < -0.39 is 29.9 Å². The van der Waals surface area contributed by atoms with E-state index in [0.717, 1.165) is 16.0 Å². The summed E-state index contributed by atoms with van der Waals surface area (Å²) in [4.78, 5) is 40.9. The molecule has 2 aromatic rings. The summed E-state index contributed by atoms with van der Waals surface area (Å²) in [5.41, 5.74) is 2.51. The largest absolute Gasteiger partial charge is 0.454 e. The molecule has 8 nitrogen and oxygen atoms in total. The summed E-state index contributed by atoms with van der Waals surface area (Å²) in [5.74, 6) is 0.484. The van der Waals surface area contributed by atoms with Crippen molar-refractivity contribution in [3.8, 4) is 11.5 Å². The molecule has 0 aromatic heterocycles. The van der Waals surface area contributed by atoms with Gasteiger partial charge in [-0.05, 0) is 50.6 Å². The molecule has 2 aliphatic heterocycles. The minimum atomic E-state index is -0.933. The molecule has 2 aliphatic rings. The van der Waals surface area contributed by atoms with Crippen molar-refractivity contribution in [2.45, 2.75) is 39.4 Å². The van der Waals surface area contributed by atoms with E-state index in [4.69, 9.17) is 9.47 Å². The molecule has 0 radical (unpaired) electrons. The van der Waals surface area contributed by atoms with Crippen LogP contribution in [-0.2, 0) is 16.1 Å². The summed E-state index contributed by atoms with van der Waals surface area (Å²) in [6, 6.07) is 10.6. The van der Waals surface area contributed by atoms with Crippen LogP contribution in [0.4, 0.5) is 10.5 Å². The van der Waals surface area contributed by atoms with E-state index in [1.807, 2.05) is 25.1 Å². The predicted octanol–water partition coefficient (Wildman–Crippen LogP) is 2.59. The van der Waals surface area contributed by atoms with Crippen LogP contribution in [0.5, 0.6) is 11.5 Å². The third-order valence-corrected chi connectivity index (χ3v) is 5.38. The van der Waals surface area contributed by atoms with Crippen LogP contribution in [0.3, 0.4) is 0 Å².